The predicted octanol–water partition coefficient (Wildman–Crippen LogP) is 0.127. The molecule has 0 radical (unpaired) electrons. The zero-order chi connectivity index (χ0) is 12.1. The van der Waals surface area contributed by atoms with Gasteiger partial charge in [-0.2, -0.15) is 0 Å². The van der Waals surface area contributed by atoms with Crippen LogP contribution in [0.2, 0.25) is 0 Å². The molecule has 2 N–H and O–H groups in total. The molecule has 2 atom stereocenters. The Morgan fingerprint density at radius 3 is 2.88 bits per heavy atom. The van der Waals surface area contributed by atoms with Crippen molar-refractivity contribution in [2.75, 3.05) is 46.4 Å². The van der Waals surface area contributed by atoms with Crippen molar-refractivity contribution in [3.8, 4) is 0 Å². The molecule has 4 nitrogen and oxygen atoms in total. The number of nitrogens with zero attached hydrogens (tertiary/aromatic N) is 2. The molecule has 0 amide bonds. The smallest absolute Gasteiger partial charge is 0.0446 e. The summed E-state index contributed by atoms with van der Waals surface area (Å²) >= 11 is 0. The normalized spacial score (nSPS) is 28.9. The molecule has 2 heterocycles. The Balaban J connectivity index is 1.83. The maximum absolute atomic E-state index is 9.04. The molecular weight excluding hydrogens is 214 g/mol. The molecule has 2 saturated heterocycles. The number of hydrogen-bond acceptors (Lipinski definition) is 4. The van der Waals surface area contributed by atoms with Gasteiger partial charge in [-0.15, -0.1) is 0 Å². The number of aliphatic hydroxyl groups is 1. The molecule has 0 aromatic heterocycles. The Kier molecular flexibility index (Phi) is 5.22. The van der Waals surface area contributed by atoms with Crippen LogP contribution < -0.4 is 5.32 Å². The highest BCUT2D eigenvalue weighted by atomic mass is 16.3. The zero-order valence-electron chi connectivity index (χ0n) is 11.1. The van der Waals surface area contributed by atoms with E-state index in [1.54, 1.807) is 0 Å². The van der Waals surface area contributed by atoms with Gasteiger partial charge < -0.3 is 15.3 Å². The summed E-state index contributed by atoms with van der Waals surface area (Å²) in [5.41, 5.74) is 0. The Morgan fingerprint density at radius 2 is 2.12 bits per heavy atom. The highest BCUT2D eigenvalue weighted by molar-refractivity contribution is 4.86. The van der Waals surface area contributed by atoms with Crippen molar-refractivity contribution in [3.63, 3.8) is 0 Å². The van der Waals surface area contributed by atoms with Crippen LogP contribution in [0.1, 0.15) is 25.7 Å². The molecule has 100 valence electrons. The average Bonchev–Trinajstić information content (AvgIpc) is 2.68. The third-order valence-corrected chi connectivity index (χ3v) is 4.25. The molecule has 2 aliphatic heterocycles. The minimum absolute atomic E-state index is 0.287. The number of rotatable bonds is 5. The lowest BCUT2D eigenvalue weighted by atomic mass is 10.1. The molecule has 2 aliphatic rings. The summed E-state index contributed by atoms with van der Waals surface area (Å²) in [5, 5.41) is 12.4. The van der Waals surface area contributed by atoms with E-state index >= 15 is 0 Å². The minimum atomic E-state index is 0.287. The number of aliphatic hydroxyl groups excluding tert-OH is 1. The lowest BCUT2D eigenvalue weighted by Gasteiger charge is -2.28. The number of hydrogen-bond donors (Lipinski definition) is 2. The largest absolute Gasteiger partial charge is 0.396 e. The third kappa shape index (κ3) is 3.65. The third-order valence-electron chi connectivity index (χ3n) is 4.25. The fourth-order valence-electron chi connectivity index (χ4n) is 3.24. The summed E-state index contributed by atoms with van der Waals surface area (Å²) < 4.78 is 0. The summed E-state index contributed by atoms with van der Waals surface area (Å²) in [6.45, 7) is 6.41. The van der Waals surface area contributed by atoms with Gasteiger partial charge in [0.1, 0.15) is 0 Å². The molecular formula is C13H27N3O. The molecule has 0 spiro atoms. The standard InChI is InChI=1S/C13H27N3O/c1-14-12(5-9-17)10-15-6-3-8-16-7-2-4-13(16)11-15/h12-14,17H,2-11H2,1H3. The van der Waals surface area contributed by atoms with E-state index < -0.39 is 0 Å². The molecule has 2 fully saturated rings. The van der Waals surface area contributed by atoms with Crippen LogP contribution in [0.4, 0.5) is 0 Å². The molecule has 0 aliphatic carbocycles. The van der Waals surface area contributed by atoms with E-state index in [0.29, 0.717) is 6.04 Å². The highest BCUT2D eigenvalue weighted by Gasteiger charge is 2.29. The van der Waals surface area contributed by atoms with Gasteiger partial charge in [0, 0.05) is 31.8 Å². The first-order valence-corrected chi connectivity index (χ1v) is 7.08. The Labute approximate surface area is 105 Å². The van der Waals surface area contributed by atoms with Crippen molar-refractivity contribution in [2.45, 2.75) is 37.8 Å². The summed E-state index contributed by atoms with van der Waals surface area (Å²) in [4.78, 5) is 5.26. The van der Waals surface area contributed by atoms with E-state index in [1.165, 1.54) is 45.4 Å². The number of nitrogens with one attached hydrogen (secondary N) is 1. The number of likely N-dealkylation sites (N-methyl/N-ethyl adjacent to an activating group) is 1. The number of fused-ring (bicyclic) bond motifs is 1. The molecule has 0 aromatic rings. The quantitative estimate of drug-likeness (QED) is 0.717. The van der Waals surface area contributed by atoms with E-state index in [1.807, 2.05) is 7.05 Å². The van der Waals surface area contributed by atoms with Gasteiger partial charge in [0.15, 0.2) is 0 Å². The van der Waals surface area contributed by atoms with E-state index in [9.17, 15) is 0 Å². The van der Waals surface area contributed by atoms with Crippen molar-refractivity contribution >= 4 is 0 Å². The van der Waals surface area contributed by atoms with E-state index in [0.717, 1.165) is 19.0 Å². The lowest BCUT2D eigenvalue weighted by molar-refractivity contribution is 0.191. The molecule has 0 bridgehead atoms. The van der Waals surface area contributed by atoms with Crippen molar-refractivity contribution < 1.29 is 5.11 Å². The highest BCUT2D eigenvalue weighted by Crippen LogP contribution is 2.21. The second kappa shape index (κ2) is 6.69. The van der Waals surface area contributed by atoms with Gasteiger partial charge in [-0.25, -0.2) is 0 Å². The summed E-state index contributed by atoms with van der Waals surface area (Å²) in [5.74, 6) is 0. The first kappa shape index (κ1) is 13.3. The van der Waals surface area contributed by atoms with Crippen LogP contribution in [-0.4, -0.2) is 73.4 Å². The van der Waals surface area contributed by atoms with Gasteiger partial charge in [0.05, 0.1) is 0 Å². The van der Waals surface area contributed by atoms with Crippen LogP contribution in [0.25, 0.3) is 0 Å². The van der Waals surface area contributed by atoms with Crippen molar-refractivity contribution in [1.29, 1.82) is 0 Å². The predicted molar refractivity (Wildman–Crippen MR) is 70.2 cm³/mol. The van der Waals surface area contributed by atoms with Gasteiger partial charge >= 0.3 is 0 Å². The van der Waals surface area contributed by atoms with Gasteiger partial charge in [-0.05, 0) is 52.4 Å². The first-order chi connectivity index (χ1) is 8.33. The van der Waals surface area contributed by atoms with Gasteiger partial charge in [0.2, 0.25) is 0 Å². The van der Waals surface area contributed by atoms with Crippen LogP contribution >= 0.6 is 0 Å². The molecule has 2 unspecified atom stereocenters. The lowest BCUT2D eigenvalue weighted by Crippen LogP contribution is -2.43. The average molecular weight is 241 g/mol. The van der Waals surface area contributed by atoms with Gasteiger partial charge in [0.25, 0.3) is 0 Å². The SMILES string of the molecule is CNC(CCO)CN1CCCN2CCCC2C1. The van der Waals surface area contributed by atoms with Crippen LogP contribution in [0.5, 0.6) is 0 Å². The van der Waals surface area contributed by atoms with E-state index in [4.69, 9.17) is 5.11 Å². The van der Waals surface area contributed by atoms with Crippen molar-refractivity contribution in [2.24, 2.45) is 0 Å². The van der Waals surface area contributed by atoms with Crippen molar-refractivity contribution in [3.05, 3.63) is 0 Å². The summed E-state index contributed by atoms with van der Waals surface area (Å²) in [6, 6.07) is 1.23. The zero-order valence-corrected chi connectivity index (χ0v) is 11.1. The molecule has 4 heteroatoms. The Hall–Kier alpha value is -0.160. The van der Waals surface area contributed by atoms with Gasteiger partial charge in [-0.1, -0.05) is 0 Å². The van der Waals surface area contributed by atoms with Crippen LogP contribution in [0.15, 0.2) is 0 Å². The van der Waals surface area contributed by atoms with Crippen LogP contribution in [0.3, 0.4) is 0 Å². The topological polar surface area (TPSA) is 38.7 Å². The Bertz CT molecular complexity index is 225. The maximum atomic E-state index is 9.04. The van der Waals surface area contributed by atoms with Crippen molar-refractivity contribution in [1.82, 2.24) is 15.1 Å². The van der Waals surface area contributed by atoms with E-state index in [2.05, 4.69) is 15.1 Å². The maximum Gasteiger partial charge on any atom is 0.0446 e. The second-order valence-electron chi connectivity index (χ2n) is 5.44. The first-order valence-electron chi connectivity index (χ1n) is 7.08. The molecule has 2 rings (SSSR count). The molecule has 17 heavy (non-hydrogen) atoms. The van der Waals surface area contributed by atoms with Crippen LogP contribution in [0, 0.1) is 0 Å². The fourth-order valence-corrected chi connectivity index (χ4v) is 3.24. The monoisotopic (exact) mass is 241 g/mol. The Morgan fingerprint density at radius 1 is 1.29 bits per heavy atom. The second-order valence-corrected chi connectivity index (χ2v) is 5.44. The minimum Gasteiger partial charge on any atom is -0.396 e. The summed E-state index contributed by atoms with van der Waals surface area (Å²) in [7, 11) is 2.00. The van der Waals surface area contributed by atoms with E-state index in [-0.39, 0.29) is 6.61 Å². The summed E-state index contributed by atoms with van der Waals surface area (Å²) in [6.07, 6.45) is 4.92. The molecule has 0 aromatic carbocycles. The van der Waals surface area contributed by atoms with Crippen LogP contribution in [-0.2, 0) is 0 Å². The molecule has 0 saturated carbocycles. The van der Waals surface area contributed by atoms with Gasteiger partial charge in [-0.3, -0.25) is 4.90 Å². The fraction of sp³-hybridized carbons (Fsp3) is 1.00.